The minimum atomic E-state index is -0.799. The summed E-state index contributed by atoms with van der Waals surface area (Å²) in [6, 6.07) is 20.9. The number of carbonyl (C=O) groups excluding carboxylic acids is 2. The van der Waals surface area contributed by atoms with Gasteiger partial charge in [-0.1, -0.05) is 54.1 Å². The molecule has 1 amide bonds. The number of fused-ring (bicyclic) bond motifs is 1. The zero-order valence-corrected chi connectivity index (χ0v) is 17.9. The number of Topliss-reactive ketones (excluding diaryl/α,β-unsaturated/α-hetero) is 1. The van der Waals surface area contributed by atoms with Crippen LogP contribution in [0.1, 0.15) is 22.7 Å². The van der Waals surface area contributed by atoms with E-state index in [9.17, 15) is 14.7 Å². The number of nitrogens with one attached hydrogen (secondary N) is 1. The topological polar surface area (TPSA) is 73.4 Å². The van der Waals surface area contributed by atoms with Crippen molar-refractivity contribution in [3.05, 3.63) is 106 Å². The van der Waals surface area contributed by atoms with E-state index in [-0.39, 0.29) is 11.3 Å². The normalized spacial score (nSPS) is 17.9. The molecule has 6 heteroatoms. The second-order valence-corrected chi connectivity index (χ2v) is 8.24. The first kappa shape index (κ1) is 20.1. The number of para-hydroxylation sites is 1. The minimum absolute atomic E-state index is 0.0310. The van der Waals surface area contributed by atoms with Crippen LogP contribution in [0.2, 0.25) is 5.02 Å². The van der Waals surface area contributed by atoms with Gasteiger partial charge in [0.15, 0.2) is 0 Å². The van der Waals surface area contributed by atoms with Crippen LogP contribution in [0.3, 0.4) is 0 Å². The van der Waals surface area contributed by atoms with Gasteiger partial charge in [0.25, 0.3) is 11.7 Å². The van der Waals surface area contributed by atoms with Crippen molar-refractivity contribution in [2.45, 2.75) is 13.0 Å². The zero-order chi connectivity index (χ0) is 22.4. The molecule has 2 N–H and O–H groups in total. The maximum absolute atomic E-state index is 13.3. The largest absolute Gasteiger partial charge is 0.507 e. The number of aromatic nitrogens is 1. The summed E-state index contributed by atoms with van der Waals surface area (Å²) in [6.07, 6.45) is 1.79. The monoisotopic (exact) mass is 442 g/mol. The molecule has 3 aromatic carbocycles. The Labute approximate surface area is 189 Å². The van der Waals surface area contributed by atoms with E-state index >= 15 is 0 Å². The van der Waals surface area contributed by atoms with Crippen LogP contribution in [0, 0.1) is 6.92 Å². The molecule has 0 spiro atoms. The van der Waals surface area contributed by atoms with Gasteiger partial charge in [0.2, 0.25) is 0 Å². The lowest BCUT2D eigenvalue weighted by Gasteiger charge is -2.25. The minimum Gasteiger partial charge on any atom is -0.507 e. The number of nitrogens with zero attached hydrogens (tertiary/aromatic N) is 1. The van der Waals surface area contributed by atoms with Crippen LogP contribution in [0.25, 0.3) is 16.7 Å². The number of halogens is 1. The molecule has 4 aromatic rings. The molecular formula is C26H19ClN2O3. The number of rotatable bonds is 3. The summed E-state index contributed by atoms with van der Waals surface area (Å²) < 4.78 is 0. The summed E-state index contributed by atoms with van der Waals surface area (Å²) >= 11 is 6.12. The molecule has 1 aliphatic rings. The molecule has 5 rings (SSSR count). The lowest BCUT2D eigenvalue weighted by Crippen LogP contribution is -2.29. The number of aryl methyl sites for hydroxylation is 1. The summed E-state index contributed by atoms with van der Waals surface area (Å²) in [5, 5.41) is 12.5. The molecule has 1 atom stereocenters. The number of H-pyrrole nitrogens is 1. The van der Waals surface area contributed by atoms with Gasteiger partial charge >= 0.3 is 0 Å². The van der Waals surface area contributed by atoms with E-state index in [0.29, 0.717) is 16.3 Å². The Morgan fingerprint density at radius 3 is 2.56 bits per heavy atom. The third-order valence-electron chi connectivity index (χ3n) is 5.74. The van der Waals surface area contributed by atoms with Gasteiger partial charge in [0.05, 0.1) is 11.6 Å². The number of aromatic amines is 1. The molecule has 1 saturated heterocycles. The van der Waals surface area contributed by atoms with E-state index in [1.165, 1.54) is 4.90 Å². The number of aliphatic hydroxyl groups excluding tert-OH is 1. The van der Waals surface area contributed by atoms with Gasteiger partial charge in [-0.05, 0) is 42.8 Å². The molecule has 2 heterocycles. The number of amides is 1. The van der Waals surface area contributed by atoms with Gasteiger partial charge in [0.1, 0.15) is 5.76 Å². The SMILES string of the molecule is Cc1cccc(N2C(=O)C(=O)/C(=C(/O)c3cccc(Cl)c3)C2c2c[nH]c3ccccc23)c1. The molecule has 1 aliphatic heterocycles. The summed E-state index contributed by atoms with van der Waals surface area (Å²) in [5.41, 5.74) is 3.56. The van der Waals surface area contributed by atoms with Gasteiger partial charge in [-0.3, -0.25) is 14.5 Å². The number of aliphatic hydroxyl groups is 1. The molecular weight excluding hydrogens is 424 g/mol. The maximum atomic E-state index is 13.3. The highest BCUT2D eigenvalue weighted by atomic mass is 35.5. The molecule has 1 aromatic heterocycles. The molecule has 1 fully saturated rings. The highest BCUT2D eigenvalue weighted by Gasteiger charge is 2.47. The van der Waals surface area contributed by atoms with Crippen molar-refractivity contribution in [3.63, 3.8) is 0 Å². The summed E-state index contributed by atoms with van der Waals surface area (Å²) in [5.74, 6) is -1.68. The Balaban J connectivity index is 1.80. The molecule has 1 unspecified atom stereocenters. The lowest BCUT2D eigenvalue weighted by molar-refractivity contribution is -0.132. The highest BCUT2D eigenvalue weighted by Crippen LogP contribution is 2.44. The first-order valence-corrected chi connectivity index (χ1v) is 10.5. The van der Waals surface area contributed by atoms with Crippen molar-refractivity contribution < 1.29 is 14.7 Å². The van der Waals surface area contributed by atoms with Crippen molar-refractivity contribution in [1.29, 1.82) is 0 Å². The van der Waals surface area contributed by atoms with Crippen molar-refractivity contribution >= 4 is 45.6 Å². The molecule has 0 aliphatic carbocycles. The Bertz CT molecular complexity index is 1420. The van der Waals surface area contributed by atoms with Crippen molar-refractivity contribution in [2.75, 3.05) is 4.90 Å². The van der Waals surface area contributed by atoms with Gasteiger partial charge in [0, 0.05) is 38.9 Å². The zero-order valence-electron chi connectivity index (χ0n) is 17.2. The van der Waals surface area contributed by atoms with E-state index in [4.69, 9.17) is 11.6 Å². The Morgan fingerprint density at radius 2 is 1.78 bits per heavy atom. The van der Waals surface area contributed by atoms with Crippen LogP contribution >= 0.6 is 11.6 Å². The predicted octanol–water partition coefficient (Wildman–Crippen LogP) is 5.76. The summed E-state index contributed by atoms with van der Waals surface area (Å²) in [4.78, 5) is 31.2. The number of hydrogen-bond acceptors (Lipinski definition) is 3. The molecule has 0 bridgehead atoms. The van der Waals surface area contributed by atoms with E-state index in [0.717, 1.165) is 22.0 Å². The van der Waals surface area contributed by atoms with Gasteiger partial charge < -0.3 is 10.1 Å². The van der Waals surface area contributed by atoms with E-state index in [2.05, 4.69) is 4.98 Å². The lowest BCUT2D eigenvalue weighted by atomic mass is 9.94. The van der Waals surface area contributed by atoms with E-state index in [1.54, 1.807) is 36.5 Å². The molecule has 5 nitrogen and oxygen atoms in total. The first-order valence-electron chi connectivity index (χ1n) is 10.2. The summed E-state index contributed by atoms with van der Waals surface area (Å²) in [7, 11) is 0. The van der Waals surface area contributed by atoms with E-state index in [1.807, 2.05) is 49.4 Å². The van der Waals surface area contributed by atoms with Crippen LogP contribution < -0.4 is 4.90 Å². The fourth-order valence-electron chi connectivity index (χ4n) is 4.28. The van der Waals surface area contributed by atoms with Crippen molar-refractivity contribution in [2.24, 2.45) is 0 Å². The third kappa shape index (κ3) is 3.18. The van der Waals surface area contributed by atoms with Crippen LogP contribution in [0.15, 0.2) is 84.6 Å². The van der Waals surface area contributed by atoms with Crippen LogP contribution in [-0.2, 0) is 9.59 Å². The molecule has 0 radical (unpaired) electrons. The Hall–Kier alpha value is -3.83. The van der Waals surface area contributed by atoms with Crippen molar-refractivity contribution in [1.82, 2.24) is 4.98 Å². The maximum Gasteiger partial charge on any atom is 0.300 e. The van der Waals surface area contributed by atoms with Crippen LogP contribution in [-0.4, -0.2) is 21.8 Å². The molecule has 158 valence electrons. The van der Waals surface area contributed by atoms with Crippen molar-refractivity contribution in [3.8, 4) is 0 Å². The Morgan fingerprint density at radius 1 is 1.00 bits per heavy atom. The van der Waals surface area contributed by atoms with Gasteiger partial charge in [-0.2, -0.15) is 0 Å². The Kier molecular flexibility index (Phi) is 4.83. The van der Waals surface area contributed by atoms with E-state index < -0.39 is 17.7 Å². The highest BCUT2D eigenvalue weighted by molar-refractivity contribution is 6.52. The first-order chi connectivity index (χ1) is 15.5. The second-order valence-electron chi connectivity index (χ2n) is 7.81. The number of hydrogen-bond donors (Lipinski definition) is 2. The quantitative estimate of drug-likeness (QED) is 0.241. The summed E-state index contributed by atoms with van der Waals surface area (Å²) in [6.45, 7) is 1.92. The standard InChI is InChI=1S/C26H19ClN2O3/c1-15-6-4-9-18(12-15)29-23(20-14-28-21-11-3-2-10-19(20)21)22(25(31)26(29)32)24(30)16-7-5-8-17(27)13-16/h2-14,23,28,30H,1H3/b24-22+. The second kappa shape index (κ2) is 7.70. The number of anilines is 1. The van der Waals surface area contributed by atoms with Crippen LogP contribution in [0.4, 0.5) is 5.69 Å². The average molecular weight is 443 g/mol. The molecule has 0 saturated carbocycles. The molecule has 32 heavy (non-hydrogen) atoms. The number of carbonyl (C=O) groups is 2. The number of benzene rings is 3. The fourth-order valence-corrected chi connectivity index (χ4v) is 4.47. The van der Waals surface area contributed by atoms with Gasteiger partial charge in [-0.15, -0.1) is 0 Å². The average Bonchev–Trinajstić information content (AvgIpc) is 3.32. The smallest absolute Gasteiger partial charge is 0.300 e. The number of ketones is 1. The van der Waals surface area contributed by atoms with Crippen LogP contribution in [0.5, 0.6) is 0 Å². The fraction of sp³-hybridized carbons (Fsp3) is 0.0769. The third-order valence-corrected chi connectivity index (χ3v) is 5.97. The predicted molar refractivity (Wildman–Crippen MR) is 126 cm³/mol. The van der Waals surface area contributed by atoms with Gasteiger partial charge in [-0.25, -0.2) is 0 Å².